The second-order valence-electron chi connectivity index (χ2n) is 2.23. The summed E-state index contributed by atoms with van der Waals surface area (Å²) in [7, 11) is 0. The fourth-order valence-electron chi connectivity index (χ4n) is 1.02. The van der Waals surface area contributed by atoms with Gasteiger partial charge in [-0.2, -0.15) is 0 Å². The molecule has 1 aliphatic rings. The fourth-order valence-corrected chi connectivity index (χ4v) is 1.75. The second kappa shape index (κ2) is 2.54. The average Bonchev–Trinajstić information content (AvgIpc) is 2.05. The Morgan fingerprint density at radius 2 is 2.20 bits per heavy atom. The molecule has 1 heterocycles. The molecule has 0 aliphatic carbocycles. The third-order valence-corrected chi connectivity index (χ3v) is 2.32. The van der Waals surface area contributed by atoms with Crippen LogP contribution in [0.4, 0.5) is 5.69 Å². The molecule has 0 bridgehead atoms. The summed E-state index contributed by atoms with van der Waals surface area (Å²) in [5.41, 5.74) is 2.65. The molecule has 0 atom stereocenters. The lowest BCUT2D eigenvalue weighted by molar-refractivity contribution is 1.36. The van der Waals surface area contributed by atoms with Gasteiger partial charge in [0.25, 0.3) is 0 Å². The van der Waals surface area contributed by atoms with Crippen molar-refractivity contribution in [1.82, 2.24) is 0 Å². The van der Waals surface area contributed by atoms with Crippen LogP contribution in [-0.2, 0) is 5.75 Å². The molecule has 0 unspecified atom stereocenters. The molecule has 2 heteroatoms. The van der Waals surface area contributed by atoms with E-state index < -0.39 is 0 Å². The molecule has 0 aromatic heterocycles. The Labute approximate surface area is 64.8 Å². The number of anilines is 1. The molecule has 1 nitrogen and oxygen atoms in total. The maximum absolute atomic E-state index is 3.20. The van der Waals surface area contributed by atoms with Crippen molar-refractivity contribution in [3.05, 3.63) is 35.7 Å². The topological polar surface area (TPSA) is 12.0 Å². The first-order valence-electron chi connectivity index (χ1n) is 3.24. The molecule has 1 N–H and O–H groups in total. The highest BCUT2D eigenvalue weighted by atomic mass is 32.2. The number of rotatable bonds is 0. The molecule has 0 amide bonds. The molecule has 0 fully saturated rings. The predicted octanol–water partition coefficient (Wildman–Crippen LogP) is 2.46. The lowest BCUT2D eigenvalue weighted by atomic mass is 10.2. The van der Waals surface area contributed by atoms with Gasteiger partial charge in [-0.3, -0.25) is 0 Å². The van der Waals surface area contributed by atoms with Crippen molar-refractivity contribution in [1.29, 1.82) is 0 Å². The first kappa shape index (κ1) is 6.10. The van der Waals surface area contributed by atoms with Gasteiger partial charge in [0.2, 0.25) is 0 Å². The van der Waals surface area contributed by atoms with Gasteiger partial charge in [0.05, 0.1) is 0 Å². The van der Waals surface area contributed by atoms with Crippen molar-refractivity contribution in [3.8, 4) is 0 Å². The highest BCUT2D eigenvalue weighted by Crippen LogP contribution is 2.27. The van der Waals surface area contributed by atoms with Crippen LogP contribution in [0.3, 0.4) is 0 Å². The third-order valence-electron chi connectivity index (χ3n) is 1.55. The highest BCUT2D eigenvalue weighted by molar-refractivity contribution is 8.00. The van der Waals surface area contributed by atoms with Crippen LogP contribution in [0.5, 0.6) is 0 Å². The van der Waals surface area contributed by atoms with E-state index in [4.69, 9.17) is 0 Å². The smallest absolute Gasteiger partial charge is 0.102 e. The van der Waals surface area contributed by atoms with E-state index >= 15 is 0 Å². The number of benzene rings is 1. The van der Waals surface area contributed by atoms with E-state index in [1.54, 1.807) is 11.8 Å². The molecule has 0 spiro atoms. The minimum Gasteiger partial charge on any atom is -0.371 e. The molecule has 10 heavy (non-hydrogen) atoms. The standard InChI is InChI=1S/C8H8NS/c1-2-4-8-7(3-1)5-10-6-9-8/h1-4,6,9H,5H2. The number of hydrogen-bond acceptors (Lipinski definition) is 2. The first-order chi connectivity index (χ1) is 4.97. The van der Waals surface area contributed by atoms with Crippen LogP contribution in [0.25, 0.3) is 0 Å². The summed E-state index contributed by atoms with van der Waals surface area (Å²) >= 11 is 1.80. The Kier molecular flexibility index (Phi) is 1.55. The Morgan fingerprint density at radius 1 is 1.30 bits per heavy atom. The fraction of sp³-hybridized carbons (Fsp3) is 0.125. The molecule has 1 radical (unpaired) electrons. The van der Waals surface area contributed by atoms with E-state index in [0.29, 0.717) is 0 Å². The summed E-state index contributed by atoms with van der Waals surface area (Å²) in [6.07, 6.45) is 0. The summed E-state index contributed by atoms with van der Waals surface area (Å²) in [5.74, 6) is 3.13. The molecule has 51 valence electrons. The van der Waals surface area contributed by atoms with Gasteiger partial charge in [-0.1, -0.05) is 18.2 Å². The molecule has 1 aromatic carbocycles. The minimum absolute atomic E-state index is 1.10. The van der Waals surface area contributed by atoms with Gasteiger partial charge < -0.3 is 5.32 Å². The van der Waals surface area contributed by atoms with Crippen LogP contribution in [0.15, 0.2) is 24.3 Å². The molecular formula is C8H8NS. The van der Waals surface area contributed by atoms with Crippen molar-refractivity contribution in [2.75, 3.05) is 5.32 Å². The molecule has 1 aromatic rings. The number of para-hydroxylation sites is 1. The zero-order valence-corrected chi connectivity index (χ0v) is 6.32. The van der Waals surface area contributed by atoms with Crippen molar-refractivity contribution in [2.45, 2.75) is 5.75 Å². The molecule has 2 rings (SSSR count). The monoisotopic (exact) mass is 150 g/mol. The normalized spacial score (nSPS) is 15.6. The lowest BCUT2D eigenvalue weighted by Gasteiger charge is -2.15. The Morgan fingerprint density at radius 3 is 3.10 bits per heavy atom. The third kappa shape index (κ3) is 0.991. The van der Waals surface area contributed by atoms with Gasteiger partial charge >= 0.3 is 0 Å². The van der Waals surface area contributed by atoms with Gasteiger partial charge in [-0.15, -0.1) is 11.8 Å². The summed E-state index contributed by atoms with van der Waals surface area (Å²) in [6, 6.07) is 8.38. The van der Waals surface area contributed by atoms with E-state index in [1.807, 2.05) is 5.88 Å². The van der Waals surface area contributed by atoms with Crippen molar-refractivity contribution < 1.29 is 0 Å². The number of nitrogens with one attached hydrogen (secondary N) is 1. The largest absolute Gasteiger partial charge is 0.371 e. The highest BCUT2D eigenvalue weighted by Gasteiger charge is 2.05. The summed E-state index contributed by atoms with van der Waals surface area (Å²) < 4.78 is 0. The number of hydrogen-bond donors (Lipinski definition) is 1. The van der Waals surface area contributed by atoms with Gasteiger partial charge in [-0.25, -0.2) is 0 Å². The summed E-state index contributed by atoms with van der Waals surface area (Å²) in [5, 5.41) is 3.20. The van der Waals surface area contributed by atoms with E-state index in [-0.39, 0.29) is 0 Å². The van der Waals surface area contributed by atoms with Gasteiger partial charge in [-0.05, 0) is 11.6 Å². The Hall–Kier alpha value is -0.630. The van der Waals surface area contributed by atoms with Crippen LogP contribution < -0.4 is 5.32 Å². The van der Waals surface area contributed by atoms with Crippen molar-refractivity contribution in [3.63, 3.8) is 0 Å². The van der Waals surface area contributed by atoms with Crippen LogP contribution in [-0.4, -0.2) is 0 Å². The molecule has 1 aliphatic heterocycles. The van der Waals surface area contributed by atoms with Crippen molar-refractivity contribution >= 4 is 17.4 Å². The molecule has 0 saturated heterocycles. The predicted molar refractivity (Wildman–Crippen MR) is 45.7 cm³/mol. The average molecular weight is 150 g/mol. The zero-order chi connectivity index (χ0) is 6.81. The van der Waals surface area contributed by atoms with Gasteiger partial charge in [0.15, 0.2) is 0 Å². The van der Waals surface area contributed by atoms with E-state index in [9.17, 15) is 0 Å². The first-order valence-corrected chi connectivity index (χ1v) is 4.29. The lowest BCUT2D eigenvalue weighted by Crippen LogP contribution is -2.01. The maximum Gasteiger partial charge on any atom is 0.102 e. The van der Waals surface area contributed by atoms with E-state index in [2.05, 4.69) is 29.6 Å². The van der Waals surface area contributed by atoms with Gasteiger partial charge in [0.1, 0.15) is 5.88 Å². The number of thioether (sulfide) groups is 1. The van der Waals surface area contributed by atoms with E-state index in [1.165, 1.54) is 11.3 Å². The minimum atomic E-state index is 1.10. The van der Waals surface area contributed by atoms with Crippen LogP contribution >= 0.6 is 11.8 Å². The molecular weight excluding hydrogens is 142 g/mol. The Balaban J connectivity index is 2.41. The number of fused-ring (bicyclic) bond motifs is 1. The summed E-state index contributed by atoms with van der Waals surface area (Å²) in [4.78, 5) is 0. The van der Waals surface area contributed by atoms with Crippen LogP contribution in [0.1, 0.15) is 5.56 Å². The van der Waals surface area contributed by atoms with Crippen LogP contribution in [0.2, 0.25) is 0 Å². The van der Waals surface area contributed by atoms with Gasteiger partial charge in [0, 0.05) is 11.4 Å². The quantitative estimate of drug-likeness (QED) is 0.609. The maximum atomic E-state index is 3.20. The van der Waals surface area contributed by atoms with Crippen LogP contribution in [0, 0.1) is 5.88 Å². The summed E-state index contributed by atoms with van der Waals surface area (Å²) in [6.45, 7) is 0. The second-order valence-corrected chi connectivity index (χ2v) is 3.09. The SMILES string of the molecule is [CH]1Nc2ccccc2CS1. The van der Waals surface area contributed by atoms with Crippen molar-refractivity contribution in [2.24, 2.45) is 0 Å². The van der Waals surface area contributed by atoms with E-state index in [0.717, 1.165) is 5.75 Å². The Bertz CT molecular complexity index is 209. The zero-order valence-electron chi connectivity index (χ0n) is 5.50. The molecule has 0 saturated carbocycles.